The summed E-state index contributed by atoms with van der Waals surface area (Å²) in [5.74, 6) is 1.48. The number of amides is 1. The first-order chi connectivity index (χ1) is 12.0. The van der Waals surface area contributed by atoms with E-state index in [1.54, 1.807) is 0 Å². The molecule has 3 rings (SSSR count). The Morgan fingerprint density at radius 3 is 2.52 bits per heavy atom. The molecule has 25 heavy (non-hydrogen) atoms. The fourth-order valence-corrected chi connectivity index (χ4v) is 3.15. The van der Waals surface area contributed by atoms with E-state index in [0.29, 0.717) is 36.2 Å². The predicted octanol–water partition coefficient (Wildman–Crippen LogP) is 3.36. The fourth-order valence-electron chi connectivity index (χ4n) is 3.03. The number of aromatic nitrogens is 2. The van der Waals surface area contributed by atoms with E-state index >= 15 is 0 Å². The Kier molecular flexibility index (Phi) is 5.53. The largest absolute Gasteiger partial charge is 0.474 e. The molecule has 0 spiro atoms. The number of likely N-dealkylation sites (tertiary alicyclic amines) is 1. The van der Waals surface area contributed by atoms with Gasteiger partial charge in [0.2, 0.25) is 11.8 Å². The van der Waals surface area contributed by atoms with E-state index < -0.39 is 0 Å². The minimum Gasteiger partial charge on any atom is -0.474 e. The normalized spacial score (nSPS) is 15.2. The van der Waals surface area contributed by atoms with Gasteiger partial charge in [-0.1, -0.05) is 23.7 Å². The molecular formula is C19H22ClN3O2. The summed E-state index contributed by atoms with van der Waals surface area (Å²) in [6.45, 7) is 5.21. The number of rotatable bonds is 4. The van der Waals surface area contributed by atoms with E-state index in [0.717, 1.165) is 24.1 Å². The van der Waals surface area contributed by atoms with Gasteiger partial charge in [0.05, 0.1) is 6.42 Å². The monoisotopic (exact) mass is 359 g/mol. The van der Waals surface area contributed by atoms with Crippen LogP contribution >= 0.6 is 11.6 Å². The first-order valence-corrected chi connectivity index (χ1v) is 8.88. The summed E-state index contributed by atoms with van der Waals surface area (Å²) < 4.78 is 5.97. The van der Waals surface area contributed by atoms with Crippen LogP contribution in [0.15, 0.2) is 30.3 Å². The fraction of sp³-hybridized carbons (Fsp3) is 0.421. The van der Waals surface area contributed by atoms with Gasteiger partial charge >= 0.3 is 0 Å². The lowest BCUT2D eigenvalue weighted by Crippen LogP contribution is -2.42. The summed E-state index contributed by atoms with van der Waals surface area (Å²) in [4.78, 5) is 22.9. The van der Waals surface area contributed by atoms with Crippen molar-refractivity contribution in [3.63, 3.8) is 0 Å². The summed E-state index contributed by atoms with van der Waals surface area (Å²) in [6, 6.07) is 9.28. The average Bonchev–Trinajstić information content (AvgIpc) is 2.56. The van der Waals surface area contributed by atoms with E-state index in [2.05, 4.69) is 9.97 Å². The maximum absolute atomic E-state index is 12.4. The summed E-state index contributed by atoms with van der Waals surface area (Å²) in [6.07, 6.45) is 2.13. The van der Waals surface area contributed by atoms with Crippen LogP contribution in [0.3, 0.4) is 0 Å². The number of halogens is 1. The summed E-state index contributed by atoms with van der Waals surface area (Å²) in [5, 5.41) is 0.685. The number of nitrogens with zero attached hydrogens (tertiary/aromatic N) is 3. The van der Waals surface area contributed by atoms with Crippen LogP contribution in [-0.4, -0.2) is 40.0 Å². The molecule has 0 atom stereocenters. The van der Waals surface area contributed by atoms with Gasteiger partial charge in [-0.25, -0.2) is 4.98 Å². The number of carbonyl (C=O) groups excluding carboxylic acids is 1. The van der Waals surface area contributed by atoms with Crippen molar-refractivity contribution in [2.75, 3.05) is 13.1 Å². The Hall–Kier alpha value is -2.14. The van der Waals surface area contributed by atoms with Crippen molar-refractivity contribution < 1.29 is 9.53 Å². The highest BCUT2D eigenvalue weighted by atomic mass is 35.5. The molecule has 1 saturated heterocycles. The molecule has 1 amide bonds. The van der Waals surface area contributed by atoms with Gasteiger partial charge in [0, 0.05) is 42.7 Å². The highest BCUT2D eigenvalue weighted by molar-refractivity contribution is 6.30. The summed E-state index contributed by atoms with van der Waals surface area (Å²) >= 11 is 5.88. The maximum Gasteiger partial charge on any atom is 0.226 e. The van der Waals surface area contributed by atoms with Crippen molar-refractivity contribution in [1.29, 1.82) is 0 Å². The van der Waals surface area contributed by atoms with E-state index in [4.69, 9.17) is 16.3 Å². The molecule has 0 aliphatic carbocycles. The molecule has 6 heteroatoms. The molecule has 0 radical (unpaired) electrons. The first kappa shape index (κ1) is 17.7. The Bertz CT molecular complexity index is 721. The Labute approximate surface area is 153 Å². The molecule has 0 unspecified atom stereocenters. The van der Waals surface area contributed by atoms with Gasteiger partial charge < -0.3 is 9.64 Å². The number of carbonyl (C=O) groups is 1. The lowest BCUT2D eigenvalue weighted by molar-refractivity contribution is -0.132. The van der Waals surface area contributed by atoms with Crippen LogP contribution in [0, 0.1) is 13.8 Å². The zero-order valence-corrected chi connectivity index (χ0v) is 15.3. The number of piperidine rings is 1. The minimum atomic E-state index is 0.0910. The zero-order chi connectivity index (χ0) is 17.8. The molecule has 1 aliphatic rings. The van der Waals surface area contributed by atoms with Gasteiger partial charge in [-0.2, -0.15) is 4.98 Å². The molecule has 132 valence electrons. The van der Waals surface area contributed by atoms with Crippen molar-refractivity contribution >= 4 is 17.5 Å². The van der Waals surface area contributed by atoms with Crippen LogP contribution < -0.4 is 4.74 Å². The standard InChI is InChI=1S/C19H22ClN3O2/c1-13-11-18(22-14(2)21-13)25-17-7-9-23(10-8-17)19(24)12-15-3-5-16(20)6-4-15/h3-6,11,17H,7-10,12H2,1-2H3. The average molecular weight is 360 g/mol. The third-order valence-corrected chi connectivity index (χ3v) is 4.55. The molecule has 0 saturated carbocycles. The van der Waals surface area contributed by atoms with Crippen LogP contribution in [0.2, 0.25) is 5.02 Å². The first-order valence-electron chi connectivity index (χ1n) is 8.51. The SMILES string of the molecule is Cc1cc(OC2CCN(C(=O)Cc3ccc(Cl)cc3)CC2)nc(C)n1. The smallest absolute Gasteiger partial charge is 0.226 e. The molecule has 5 nitrogen and oxygen atoms in total. The number of benzene rings is 1. The van der Waals surface area contributed by atoms with Crippen molar-refractivity contribution in [3.8, 4) is 5.88 Å². The molecular weight excluding hydrogens is 338 g/mol. The van der Waals surface area contributed by atoms with E-state index in [-0.39, 0.29) is 12.0 Å². The second kappa shape index (κ2) is 7.83. The van der Waals surface area contributed by atoms with Crippen molar-refractivity contribution in [2.24, 2.45) is 0 Å². The lowest BCUT2D eigenvalue weighted by Gasteiger charge is -2.32. The maximum atomic E-state index is 12.4. The minimum absolute atomic E-state index is 0.0910. The molecule has 2 heterocycles. The van der Waals surface area contributed by atoms with Gasteiger partial charge in [0.15, 0.2) is 0 Å². The quantitative estimate of drug-likeness (QED) is 0.840. The topological polar surface area (TPSA) is 55.3 Å². The highest BCUT2D eigenvalue weighted by Gasteiger charge is 2.24. The van der Waals surface area contributed by atoms with Crippen molar-refractivity contribution in [3.05, 3.63) is 52.4 Å². The third kappa shape index (κ3) is 4.92. The third-order valence-electron chi connectivity index (χ3n) is 4.29. The van der Waals surface area contributed by atoms with Gasteiger partial charge in [0.1, 0.15) is 11.9 Å². The number of ether oxygens (including phenoxy) is 1. The molecule has 1 aromatic carbocycles. The van der Waals surface area contributed by atoms with E-state index in [1.165, 1.54) is 0 Å². The molecule has 2 aromatic rings. The Balaban J connectivity index is 1.51. The van der Waals surface area contributed by atoms with Gasteiger partial charge in [-0.15, -0.1) is 0 Å². The second-order valence-electron chi connectivity index (χ2n) is 6.40. The highest BCUT2D eigenvalue weighted by Crippen LogP contribution is 2.19. The predicted molar refractivity (Wildman–Crippen MR) is 96.9 cm³/mol. The molecule has 1 fully saturated rings. The van der Waals surface area contributed by atoms with Gasteiger partial charge in [0.25, 0.3) is 0 Å². The number of hydrogen-bond donors (Lipinski definition) is 0. The van der Waals surface area contributed by atoms with Crippen LogP contribution in [0.25, 0.3) is 0 Å². The molecule has 0 bridgehead atoms. The number of hydrogen-bond acceptors (Lipinski definition) is 4. The van der Waals surface area contributed by atoms with E-state index in [9.17, 15) is 4.79 Å². The number of aryl methyl sites for hydroxylation is 2. The lowest BCUT2D eigenvalue weighted by atomic mass is 10.1. The van der Waals surface area contributed by atoms with Crippen molar-refractivity contribution in [1.82, 2.24) is 14.9 Å². The Morgan fingerprint density at radius 1 is 1.20 bits per heavy atom. The van der Waals surface area contributed by atoms with E-state index in [1.807, 2.05) is 49.1 Å². The molecule has 0 N–H and O–H groups in total. The second-order valence-corrected chi connectivity index (χ2v) is 6.83. The van der Waals surface area contributed by atoms with Crippen LogP contribution in [0.5, 0.6) is 5.88 Å². The molecule has 1 aromatic heterocycles. The van der Waals surface area contributed by atoms with Crippen LogP contribution in [0.1, 0.15) is 29.9 Å². The van der Waals surface area contributed by atoms with Crippen LogP contribution in [-0.2, 0) is 11.2 Å². The van der Waals surface area contributed by atoms with Crippen molar-refractivity contribution in [2.45, 2.75) is 39.2 Å². The summed E-state index contributed by atoms with van der Waals surface area (Å²) in [5.41, 5.74) is 1.89. The van der Waals surface area contributed by atoms with Crippen LogP contribution in [0.4, 0.5) is 0 Å². The Morgan fingerprint density at radius 2 is 1.88 bits per heavy atom. The van der Waals surface area contributed by atoms with Gasteiger partial charge in [-0.3, -0.25) is 4.79 Å². The zero-order valence-electron chi connectivity index (χ0n) is 14.5. The van der Waals surface area contributed by atoms with Gasteiger partial charge in [-0.05, 0) is 31.5 Å². The molecule has 1 aliphatic heterocycles. The summed E-state index contributed by atoms with van der Waals surface area (Å²) in [7, 11) is 0.